The summed E-state index contributed by atoms with van der Waals surface area (Å²) in [6.07, 6.45) is 2.04. The van der Waals surface area contributed by atoms with Crippen molar-refractivity contribution in [2.45, 2.75) is 13.3 Å². The molecule has 4 aromatic rings. The van der Waals surface area contributed by atoms with Crippen molar-refractivity contribution in [3.05, 3.63) is 77.3 Å². The van der Waals surface area contributed by atoms with Gasteiger partial charge in [0, 0.05) is 23.2 Å². The van der Waals surface area contributed by atoms with Crippen molar-refractivity contribution >= 4 is 28.5 Å². The number of hydrogen-bond acceptors (Lipinski definition) is 6. The average molecular weight is 426 g/mol. The third kappa shape index (κ3) is 3.11. The predicted octanol–water partition coefficient (Wildman–Crippen LogP) is 3.87. The zero-order valence-corrected chi connectivity index (χ0v) is 17.2. The molecule has 0 radical (unpaired) electrons. The number of fused-ring (bicyclic) bond motifs is 2. The van der Waals surface area contributed by atoms with Crippen LogP contribution in [0.2, 0.25) is 0 Å². The number of furan rings is 1. The number of aromatic nitrogens is 2. The Labute approximate surface area is 183 Å². The van der Waals surface area contributed by atoms with Crippen LogP contribution in [-0.2, 0) is 11.2 Å². The maximum Gasteiger partial charge on any atom is 0.359 e. The minimum Gasteiger partial charge on any atom is -0.464 e. The Kier molecular flexibility index (Phi) is 4.71. The van der Waals surface area contributed by atoms with E-state index in [4.69, 9.17) is 14.4 Å². The van der Waals surface area contributed by atoms with Crippen LogP contribution < -0.4 is 4.90 Å². The molecule has 3 heterocycles. The van der Waals surface area contributed by atoms with Crippen LogP contribution >= 0.6 is 0 Å². The van der Waals surface area contributed by atoms with Crippen molar-refractivity contribution in [1.82, 2.24) is 9.78 Å². The molecular weight excluding hydrogens is 408 g/mol. The van der Waals surface area contributed by atoms with Crippen LogP contribution in [0.3, 0.4) is 0 Å². The van der Waals surface area contributed by atoms with E-state index in [-0.39, 0.29) is 18.2 Å². The Morgan fingerprint density at radius 1 is 1.19 bits per heavy atom. The highest BCUT2D eigenvalue weighted by atomic mass is 16.5. The predicted molar refractivity (Wildman–Crippen MR) is 116 cm³/mol. The fourth-order valence-corrected chi connectivity index (χ4v) is 3.96. The molecule has 1 aliphatic heterocycles. The SMILES string of the molecule is CCOC(=O)c1nn(-c2ccc3occc3c2)c2c1CCN(c1ccc(C#N)cc1)C2=O. The van der Waals surface area contributed by atoms with Crippen molar-refractivity contribution < 1.29 is 18.7 Å². The number of carbonyl (C=O) groups excluding carboxylic acids is 2. The second kappa shape index (κ2) is 7.71. The Morgan fingerprint density at radius 3 is 2.72 bits per heavy atom. The Hall–Kier alpha value is -4.38. The van der Waals surface area contributed by atoms with Crippen LogP contribution in [0, 0.1) is 11.3 Å². The molecule has 5 rings (SSSR count). The first kappa shape index (κ1) is 19.6. The average Bonchev–Trinajstić information content (AvgIpc) is 3.44. The quantitative estimate of drug-likeness (QED) is 0.459. The molecule has 2 aromatic carbocycles. The summed E-state index contributed by atoms with van der Waals surface area (Å²) < 4.78 is 12.1. The summed E-state index contributed by atoms with van der Waals surface area (Å²) in [5.41, 5.74) is 3.60. The summed E-state index contributed by atoms with van der Waals surface area (Å²) in [5, 5.41) is 14.4. The first-order valence-corrected chi connectivity index (χ1v) is 10.2. The highest BCUT2D eigenvalue weighted by Gasteiger charge is 2.35. The first-order valence-electron chi connectivity index (χ1n) is 10.2. The van der Waals surface area contributed by atoms with Gasteiger partial charge in [-0.25, -0.2) is 9.48 Å². The zero-order valence-electron chi connectivity index (χ0n) is 17.2. The number of esters is 1. The molecule has 0 spiro atoms. The smallest absolute Gasteiger partial charge is 0.359 e. The highest BCUT2D eigenvalue weighted by molar-refractivity contribution is 6.09. The van der Waals surface area contributed by atoms with Crippen molar-refractivity contribution in [3.8, 4) is 11.8 Å². The molecule has 0 aliphatic carbocycles. The second-order valence-corrected chi connectivity index (χ2v) is 7.32. The maximum absolute atomic E-state index is 13.6. The number of ether oxygens (including phenoxy) is 1. The van der Waals surface area contributed by atoms with E-state index in [0.29, 0.717) is 46.7 Å². The lowest BCUT2D eigenvalue weighted by Gasteiger charge is -2.27. The third-order valence-electron chi connectivity index (χ3n) is 5.47. The van der Waals surface area contributed by atoms with Gasteiger partial charge in [-0.2, -0.15) is 10.4 Å². The molecule has 0 atom stereocenters. The molecule has 0 fully saturated rings. The molecule has 8 nitrogen and oxygen atoms in total. The van der Waals surface area contributed by atoms with Gasteiger partial charge < -0.3 is 14.1 Å². The van der Waals surface area contributed by atoms with Crippen molar-refractivity contribution in [2.24, 2.45) is 0 Å². The number of carbonyl (C=O) groups is 2. The fraction of sp³-hybridized carbons (Fsp3) is 0.167. The molecule has 158 valence electrons. The van der Waals surface area contributed by atoms with Gasteiger partial charge in [0.25, 0.3) is 5.91 Å². The zero-order chi connectivity index (χ0) is 22.2. The van der Waals surface area contributed by atoms with Crippen molar-refractivity contribution in [3.63, 3.8) is 0 Å². The Bertz CT molecular complexity index is 1390. The molecular formula is C24H18N4O4. The van der Waals surface area contributed by atoms with Crippen LogP contribution in [0.1, 0.15) is 39.0 Å². The second-order valence-electron chi connectivity index (χ2n) is 7.32. The molecule has 8 heteroatoms. The molecule has 32 heavy (non-hydrogen) atoms. The van der Waals surface area contributed by atoms with E-state index in [1.165, 1.54) is 4.68 Å². The molecule has 1 amide bonds. The number of rotatable bonds is 4. The molecule has 0 bridgehead atoms. The Morgan fingerprint density at radius 2 is 1.97 bits per heavy atom. The van der Waals surface area contributed by atoms with Crippen molar-refractivity contribution in [2.75, 3.05) is 18.1 Å². The fourth-order valence-electron chi connectivity index (χ4n) is 3.96. The Balaban J connectivity index is 1.64. The summed E-state index contributed by atoms with van der Waals surface area (Å²) in [6.45, 7) is 2.33. The lowest BCUT2D eigenvalue weighted by atomic mass is 10.0. The largest absolute Gasteiger partial charge is 0.464 e. The monoisotopic (exact) mass is 426 g/mol. The molecule has 0 N–H and O–H groups in total. The topological polar surface area (TPSA) is 101 Å². The van der Waals surface area contributed by atoms with E-state index in [1.54, 1.807) is 54.5 Å². The van der Waals surface area contributed by atoms with Gasteiger partial charge in [-0.15, -0.1) is 0 Å². The summed E-state index contributed by atoms with van der Waals surface area (Å²) in [6, 6.07) is 16.2. The van der Waals surface area contributed by atoms with E-state index in [0.717, 1.165) is 5.39 Å². The van der Waals surface area contributed by atoms with Crippen LogP contribution in [0.15, 0.2) is 59.2 Å². The minimum absolute atomic E-state index is 0.155. The molecule has 0 saturated heterocycles. The normalized spacial score (nSPS) is 13.1. The van der Waals surface area contributed by atoms with Crippen LogP contribution in [0.5, 0.6) is 0 Å². The number of hydrogen-bond donors (Lipinski definition) is 0. The number of nitriles is 1. The van der Waals surface area contributed by atoms with Crippen LogP contribution in [0.25, 0.3) is 16.7 Å². The summed E-state index contributed by atoms with van der Waals surface area (Å²) in [5.74, 6) is -0.821. The van der Waals surface area contributed by atoms with E-state index in [1.807, 2.05) is 12.1 Å². The number of anilines is 1. The van der Waals surface area contributed by atoms with E-state index in [9.17, 15) is 9.59 Å². The molecule has 0 saturated carbocycles. The van der Waals surface area contributed by atoms with Gasteiger partial charge in [-0.1, -0.05) is 0 Å². The molecule has 1 aliphatic rings. The van der Waals surface area contributed by atoms with Crippen LogP contribution in [0.4, 0.5) is 5.69 Å². The van der Waals surface area contributed by atoms with E-state index >= 15 is 0 Å². The van der Waals surface area contributed by atoms with Crippen LogP contribution in [-0.4, -0.2) is 34.8 Å². The number of nitrogens with zero attached hydrogens (tertiary/aromatic N) is 4. The van der Waals surface area contributed by atoms with Gasteiger partial charge in [-0.3, -0.25) is 4.79 Å². The molecule has 2 aromatic heterocycles. The summed E-state index contributed by atoms with van der Waals surface area (Å²) in [7, 11) is 0. The minimum atomic E-state index is -0.550. The van der Waals surface area contributed by atoms with E-state index in [2.05, 4.69) is 11.2 Å². The standard InChI is InChI=1S/C24H18N4O4/c1-2-31-24(30)21-19-9-11-27(17-5-3-15(14-25)4-6-17)23(29)22(19)28(26-21)18-7-8-20-16(13-18)10-12-32-20/h3-8,10,12-13H,2,9,11H2,1H3. The lowest BCUT2D eigenvalue weighted by Crippen LogP contribution is -2.39. The number of benzene rings is 2. The summed E-state index contributed by atoms with van der Waals surface area (Å²) in [4.78, 5) is 27.8. The summed E-state index contributed by atoms with van der Waals surface area (Å²) >= 11 is 0. The highest BCUT2D eigenvalue weighted by Crippen LogP contribution is 2.30. The van der Waals surface area contributed by atoms with E-state index < -0.39 is 5.97 Å². The molecule has 0 unspecified atom stereocenters. The van der Waals surface area contributed by atoms with Gasteiger partial charge in [0.15, 0.2) is 5.69 Å². The third-order valence-corrected chi connectivity index (χ3v) is 5.47. The van der Waals surface area contributed by atoms with Crippen molar-refractivity contribution in [1.29, 1.82) is 5.26 Å². The first-order chi connectivity index (χ1) is 15.6. The van der Waals surface area contributed by atoms with Gasteiger partial charge in [0.05, 0.1) is 30.2 Å². The van der Waals surface area contributed by atoms with Gasteiger partial charge in [0.2, 0.25) is 0 Å². The van der Waals surface area contributed by atoms with Gasteiger partial charge in [-0.05, 0) is 61.9 Å². The number of amides is 1. The lowest BCUT2D eigenvalue weighted by molar-refractivity contribution is 0.0517. The maximum atomic E-state index is 13.6. The van der Waals surface area contributed by atoms with Gasteiger partial charge in [0.1, 0.15) is 11.3 Å². The van der Waals surface area contributed by atoms with Gasteiger partial charge >= 0.3 is 5.97 Å².